The van der Waals surface area contributed by atoms with Crippen molar-refractivity contribution in [3.8, 4) is 0 Å². The van der Waals surface area contributed by atoms with E-state index >= 15 is 0 Å². The van der Waals surface area contributed by atoms with E-state index in [1.54, 1.807) is 24.3 Å². The smallest absolute Gasteiger partial charge is 0.339 e. The third kappa shape index (κ3) is 3.34. The second-order valence-corrected chi connectivity index (χ2v) is 4.86. The van der Waals surface area contributed by atoms with Crippen LogP contribution in [0.2, 0.25) is 0 Å². The van der Waals surface area contributed by atoms with Crippen molar-refractivity contribution < 1.29 is 14.5 Å². The summed E-state index contributed by atoms with van der Waals surface area (Å²) >= 11 is 3.13. The van der Waals surface area contributed by atoms with Crippen molar-refractivity contribution in [3.63, 3.8) is 0 Å². The molecular weight excluding hydrogens is 342 g/mol. The van der Waals surface area contributed by atoms with Gasteiger partial charge in [0.15, 0.2) is 0 Å². The molecule has 0 saturated carbocycles. The van der Waals surface area contributed by atoms with Crippen LogP contribution in [0.5, 0.6) is 0 Å². The monoisotopic (exact) mass is 351 g/mol. The number of nitrogens with one attached hydrogen (secondary N) is 1. The van der Waals surface area contributed by atoms with Crippen LogP contribution in [-0.4, -0.2) is 23.0 Å². The van der Waals surface area contributed by atoms with E-state index in [0.29, 0.717) is 10.2 Å². The van der Waals surface area contributed by atoms with Gasteiger partial charge in [-0.1, -0.05) is 12.1 Å². The van der Waals surface area contributed by atoms with E-state index < -0.39 is 10.9 Å². The third-order valence-corrected chi connectivity index (χ3v) is 3.05. The van der Waals surface area contributed by atoms with Crippen LogP contribution in [0.1, 0.15) is 10.4 Å². The summed E-state index contributed by atoms with van der Waals surface area (Å²) in [5, 5.41) is 13.8. The van der Waals surface area contributed by atoms with Crippen molar-refractivity contribution in [3.05, 3.63) is 56.7 Å². The number of carbonyl (C=O) groups is 1. The molecule has 1 heterocycles. The number of benzene rings is 1. The summed E-state index contributed by atoms with van der Waals surface area (Å²) in [6.07, 6.45) is 1.43. The van der Waals surface area contributed by atoms with Crippen LogP contribution in [0.3, 0.4) is 0 Å². The van der Waals surface area contributed by atoms with Gasteiger partial charge >= 0.3 is 11.7 Å². The van der Waals surface area contributed by atoms with Crippen molar-refractivity contribution in [2.75, 3.05) is 12.4 Å². The summed E-state index contributed by atoms with van der Waals surface area (Å²) in [7, 11) is 1.26. The van der Waals surface area contributed by atoms with E-state index in [1.807, 2.05) is 0 Å². The first-order chi connectivity index (χ1) is 10.0. The number of nitrogens with zero attached hydrogens (tertiary/aromatic N) is 2. The van der Waals surface area contributed by atoms with Gasteiger partial charge in [0.2, 0.25) is 5.82 Å². The van der Waals surface area contributed by atoms with E-state index in [-0.39, 0.29) is 17.1 Å². The first-order valence-corrected chi connectivity index (χ1v) is 6.56. The largest absolute Gasteiger partial charge is 0.465 e. The number of carbonyl (C=O) groups excluding carboxylic acids is 1. The summed E-state index contributed by atoms with van der Waals surface area (Å²) in [6.45, 7) is 0. The topological polar surface area (TPSA) is 94.4 Å². The number of nitro groups is 1. The molecule has 0 amide bonds. The lowest BCUT2D eigenvalue weighted by molar-refractivity contribution is -0.384. The predicted octanol–water partition coefficient (Wildman–Crippen LogP) is 3.28. The molecule has 0 unspecified atom stereocenters. The van der Waals surface area contributed by atoms with Crippen molar-refractivity contribution in [1.29, 1.82) is 0 Å². The van der Waals surface area contributed by atoms with Gasteiger partial charge in [-0.2, -0.15) is 0 Å². The zero-order valence-corrected chi connectivity index (χ0v) is 12.5. The molecule has 0 bridgehead atoms. The molecule has 0 aliphatic rings. The number of hydrogen-bond donors (Lipinski definition) is 1. The fourth-order valence-electron chi connectivity index (χ4n) is 1.67. The Balaban J connectivity index is 2.44. The van der Waals surface area contributed by atoms with E-state index in [9.17, 15) is 14.9 Å². The molecule has 0 aliphatic heterocycles. The predicted molar refractivity (Wildman–Crippen MR) is 79.7 cm³/mol. The van der Waals surface area contributed by atoms with Crippen LogP contribution in [0.15, 0.2) is 41.0 Å². The molecule has 1 aromatic carbocycles. The molecule has 1 N–H and O–H groups in total. The highest BCUT2D eigenvalue weighted by atomic mass is 79.9. The second kappa shape index (κ2) is 6.31. The molecule has 0 radical (unpaired) electrons. The quantitative estimate of drug-likeness (QED) is 0.516. The number of aromatic nitrogens is 1. The molecule has 0 aliphatic carbocycles. The molecule has 2 aromatic rings. The Hall–Kier alpha value is -2.48. The van der Waals surface area contributed by atoms with Gasteiger partial charge in [-0.15, -0.1) is 0 Å². The molecule has 108 valence electrons. The minimum atomic E-state index is -0.555. The maximum Gasteiger partial charge on any atom is 0.339 e. The van der Waals surface area contributed by atoms with Gasteiger partial charge in [-0.3, -0.25) is 10.1 Å². The molecule has 0 atom stereocenters. The van der Waals surface area contributed by atoms with Gasteiger partial charge in [-0.05, 0) is 28.1 Å². The van der Waals surface area contributed by atoms with E-state index in [1.165, 1.54) is 19.4 Å². The fourth-order valence-corrected chi connectivity index (χ4v) is 1.99. The van der Waals surface area contributed by atoms with E-state index in [4.69, 9.17) is 0 Å². The number of pyridine rings is 1. The molecule has 21 heavy (non-hydrogen) atoms. The van der Waals surface area contributed by atoms with Crippen LogP contribution in [0.4, 0.5) is 17.2 Å². The van der Waals surface area contributed by atoms with Crippen LogP contribution < -0.4 is 5.32 Å². The van der Waals surface area contributed by atoms with Crippen LogP contribution >= 0.6 is 15.9 Å². The number of anilines is 2. The zero-order chi connectivity index (χ0) is 15.4. The Morgan fingerprint density at radius 3 is 2.81 bits per heavy atom. The summed E-state index contributed by atoms with van der Waals surface area (Å²) < 4.78 is 5.16. The Morgan fingerprint density at radius 2 is 2.14 bits per heavy atom. The Morgan fingerprint density at radius 1 is 1.43 bits per heavy atom. The van der Waals surface area contributed by atoms with Gasteiger partial charge in [0.25, 0.3) is 0 Å². The fraction of sp³-hybridized carbons (Fsp3) is 0.0769. The van der Waals surface area contributed by atoms with E-state index in [0.717, 1.165) is 0 Å². The molecule has 1 aromatic heterocycles. The average Bonchev–Trinajstić information content (AvgIpc) is 2.48. The molecular formula is C13H10BrN3O4. The van der Waals surface area contributed by atoms with Crippen molar-refractivity contribution in [2.45, 2.75) is 0 Å². The molecule has 8 heteroatoms. The summed E-state index contributed by atoms with van der Waals surface area (Å²) in [6, 6.07) is 7.86. The number of halogens is 1. The van der Waals surface area contributed by atoms with Crippen molar-refractivity contribution in [2.24, 2.45) is 0 Å². The molecule has 0 fully saturated rings. The van der Waals surface area contributed by atoms with Crippen LogP contribution in [0.25, 0.3) is 0 Å². The molecule has 0 spiro atoms. The standard InChI is InChI=1S/C13H10BrN3O4/c1-21-13(18)9-4-2-3-5-10(9)16-12-11(17(19)20)6-8(14)7-15-12/h2-7H,1H3,(H,15,16). The maximum absolute atomic E-state index is 11.7. The van der Waals surface area contributed by atoms with Crippen LogP contribution in [0, 0.1) is 10.1 Å². The Bertz CT molecular complexity index is 706. The van der Waals surface area contributed by atoms with Crippen molar-refractivity contribution >= 4 is 39.1 Å². The maximum atomic E-state index is 11.7. The third-order valence-electron chi connectivity index (χ3n) is 2.62. The molecule has 2 rings (SSSR count). The lowest BCUT2D eigenvalue weighted by Crippen LogP contribution is -2.07. The van der Waals surface area contributed by atoms with Gasteiger partial charge in [0, 0.05) is 16.7 Å². The number of ether oxygens (including phenoxy) is 1. The lowest BCUT2D eigenvalue weighted by atomic mass is 10.2. The first-order valence-electron chi connectivity index (χ1n) is 5.77. The normalized spacial score (nSPS) is 10.0. The minimum Gasteiger partial charge on any atom is -0.465 e. The first kappa shape index (κ1) is 14.9. The van der Waals surface area contributed by atoms with E-state index in [2.05, 4.69) is 31.0 Å². The SMILES string of the molecule is COC(=O)c1ccccc1Nc1ncc(Br)cc1[N+](=O)[O-]. The highest BCUT2D eigenvalue weighted by Gasteiger charge is 2.18. The summed E-state index contributed by atoms with van der Waals surface area (Å²) in [5.41, 5.74) is 0.435. The zero-order valence-electron chi connectivity index (χ0n) is 10.9. The number of methoxy groups -OCH3 is 1. The molecule has 7 nitrogen and oxygen atoms in total. The van der Waals surface area contributed by atoms with Crippen LogP contribution in [-0.2, 0) is 4.74 Å². The van der Waals surface area contributed by atoms with Gasteiger partial charge in [0.1, 0.15) is 0 Å². The number of esters is 1. The number of rotatable bonds is 4. The number of hydrogen-bond acceptors (Lipinski definition) is 6. The summed E-state index contributed by atoms with van der Waals surface area (Å²) in [5.74, 6) is -0.502. The minimum absolute atomic E-state index is 0.0413. The lowest BCUT2D eigenvalue weighted by Gasteiger charge is -2.10. The average molecular weight is 352 g/mol. The van der Waals surface area contributed by atoms with Gasteiger partial charge in [-0.25, -0.2) is 9.78 Å². The van der Waals surface area contributed by atoms with Crippen molar-refractivity contribution in [1.82, 2.24) is 4.98 Å². The van der Waals surface area contributed by atoms with Gasteiger partial charge in [0.05, 0.1) is 23.3 Å². The number of para-hydroxylation sites is 1. The highest BCUT2D eigenvalue weighted by molar-refractivity contribution is 9.10. The second-order valence-electron chi connectivity index (χ2n) is 3.94. The van der Waals surface area contributed by atoms with Gasteiger partial charge < -0.3 is 10.1 Å². The Kier molecular flexibility index (Phi) is 4.49. The Labute approximate surface area is 128 Å². The highest BCUT2D eigenvalue weighted by Crippen LogP contribution is 2.29. The summed E-state index contributed by atoms with van der Waals surface area (Å²) in [4.78, 5) is 26.1. The molecule has 0 saturated heterocycles.